The minimum absolute atomic E-state index is 0.229. The highest BCUT2D eigenvalue weighted by Crippen LogP contribution is 2.29. The maximum Gasteiger partial charge on any atom is 0.132 e. The molecule has 1 aromatic heterocycles. The molecule has 0 aliphatic carbocycles. The van der Waals surface area contributed by atoms with E-state index < -0.39 is 0 Å². The molecule has 2 aromatic carbocycles. The van der Waals surface area contributed by atoms with Crippen LogP contribution in [0.25, 0.3) is 11.4 Å². The molecule has 0 amide bonds. The van der Waals surface area contributed by atoms with Crippen molar-refractivity contribution in [1.82, 2.24) is 4.98 Å². The van der Waals surface area contributed by atoms with E-state index in [0.29, 0.717) is 27.8 Å². The number of benzene rings is 2. The Labute approximate surface area is 199 Å². The Bertz CT molecular complexity index is 1100. The van der Waals surface area contributed by atoms with Crippen LogP contribution in [0.1, 0.15) is 43.5 Å². The van der Waals surface area contributed by atoms with E-state index in [4.69, 9.17) is 22.4 Å². The molecule has 5 N–H and O–H groups in total. The lowest BCUT2D eigenvalue weighted by Crippen LogP contribution is -2.08. The first-order valence-electron chi connectivity index (χ1n) is 10.6. The van der Waals surface area contributed by atoms with Crippen molar-refractivity contribution in [3.63, 3.8) is 0 Å². The second-order valence-corrected chi connectivity index (χ2v) is 7.62. The normalized spacial score (nSPS) is 11.8. The highest BCUT2D eigenvalue weighted by Gasteiger charge is 2.13. The Morgan fingerprint density at radius 1 is 1.18 bits per heavy atom. The number of nitrogens with two attached hydrogens (primary N) is 1. The summed E-state index contributed by atoms with van der Waals surface area (Å²) in [5, 5.41) is 14.6. The third-order valence-corrected chi connectivity index (χ3v) is 4.85. The van der Waals surface area contributed by atoms with Crippen LogP contribution in [0, 0.1) is 5.82 Å². The highest BCUT2D eigenvalue weighted by atomic mass is 35.5. The lowest BCUT2D eigenvalue weighted by Gasteiger charge is -2.18. The van der Waals surface area contributed by atoms with Crippen LogP contribution < -0.4 is 16.4 Å². The highest BCUT2D eigenvalue weighted by molar-refractivity contribution is 6.30. The number of hydrogen-bond acceptors (Lipinski definition) is 5. The van der Waals surface area contributed by atoms with Gasteiger partial charge in [-0.2, -0.15) is 0 Å². The monoisotopic (exact) mass is 468 g/mol. The van der Waals surface area contributed by atoms with E-state index in [-0.39, 0.29) is 18.5 Å². The molecule has 1 unspecified atom stereocenters. The van der Waals surface area contributed by atoms with E-state index in [1.807, 2.05) is 50.3 Å². The van der Waals surface area contributed by atoms with Gasteiger partial charge in [0.2, 0.25) is 0 Å². The summed E-state index contributed by atoms with van der Waals surface area (Å²) in [6, 6.07) is 16.0. The molecule has 7 heteroatoms. The van der Waals surface area contributed by atoms with Crippen LogP contribution in [-0.4, -0.2) is 16.7 Å². The van der Waals surface area contributed by atoms with Crippen LogP contribution in [-0.2, 0) is 0 Å². The average molecular weight is 469 g/mol. The molecule has 174 valence electrons. The molecule has 3 aromatic rings. The fourth-order valence-electron chi connectivity index (χ4n) is 3.00. The number of nitrogens with zero attached hydrogens (tertiary/aromatic N) is 1. The third-order valence-electron chi connectivity index (χ3n) is 4.63. The number of hydrogen-bond donors (Lipinski definition) is 4. The number of aliphatic hydroxyl groups is 1. The molecule has 0 fully saturated rings. The van der Waals surface area contributed by atoms with Gasteiger partial charge in [0.25, 0.3) is 0 Å². The summed E-state index contributed by atoms with van der Waals surface area (Å²) in [4.78, 5) is 4.24. The molecule has 33 heavy (non-hydrogen) atoms. The quantitative estimate of drug-likeness (QED) is 0.320. The average Bonchev–Trinajstić information content (AvgIpc) is 2.80. The van der Waals surface area contributed by atoms with Gasteiger partial charge in [0, 0.05) is 47.1 Å². The Hall–Kier alpha value is -3.19. The molecular weight excluding hydrogens is 439 g/mol. The fraction of sp³-hybridized carbons (Fsp3) is 0.192. The van der Waals surface area contributed by atoms with E-state index in [1.54, 1.807) is 31.3 Å². The second kappa shape index (κ2) is 12.7. The SMILES string of the molecule is C=C(Nc1ccc(Cl)cn1)c1ccccc1N/C(=C/C)c1ccc(C(C)N)cc1F.CCO. The predicted molar refractivity (Wildman–Crippen MR) is 137 cm³/mol. The molecule has 0 radical (unpaired) electrons. The number of para-hydroxylation sites is 1. The molecule has 3 rings (SSSR count). The van der Waals surface area contributed by atoms with Gasteiger partial charge in [-0.15, -0.1) is 0 Å². The molecule has 5 nitrogen and oxygen atoms in total. The van der Waals surface area contributed by atoms with Crippen molar-refractivity contribution in [2.75, 3.05) is 17.2 Å². The van der Waals surface area contributed by atoms with Crippen LogP contribution in [0.5, 0.6) is 0 Å². The molecule has 0 aliphatic heterocycles. The van der Waals surface area contributed by atoms with Gasteiger partial charge in [0.1, 0.15) is 11.6 Å². The van der Waals surface area contributed by atoms with Crippen molar-refractivity contribution in [3.05, 3.63) is 101 Å². The van der Waals surface area contributed by atoms with Crippen LogP contribution in [0.4, 0.5) is 15.9 Å². The van der Waals surface area contributed by atoms with Crippen LogP contribution in [0.15, 0.2) is 73.4 Å². The molecule has 1 atom stereocenters. The van der Waals surface area contributed by atoms with Gasteiger partial charge in [0.05, 0.1) is 5.02 Å². The van der Waals surface area contributed by atoms with E-state index in [2.05, 4.69) is 22.2 Å². The minimum Gasteiger partial charge on any atom is -0.397 e. The topological polar surface area (TPSA) is 83.2 Å². The summed E-state index contributed by atoms with van der Waals surface area (Å²) in [5.74, 6) is 0.299. The molecule has 0 bridgehead atoms. The second-order valence-electron chi connectivity index (χ2n) is 7.18. The third kappa shape index (κ3) is 7.43. The molecular formula is C26H30ClFN4O. The van der Waals surface area contributed by atoms with Crippen molar-refractivity contribution in [2.24, 2.45) is 5.73 Å². The van der Waals surface area contributed by atoms with E-state index >= 15 is 0 Å². The van der Waals surface area contributed by atoms with Gasteiger partial charge < -0.3 is 21.5 Å². The van der Waals surface area contributed by atoms with Gasteiger partial charge in [-0.05, 0) is 56.7 Å². The van der Waals surface area contributed by atoms with Gasteiger partial charge in [0.15, 0.2) is 0 Å². The van der Waals surface area contributed by atoms with Gasteiger partial charge >= 0.3 is 0 Å². The lowest BCUT2D eigenvalue weighted by atomic mass is 10.0. The maximum absolute atomic E-state index is 14.7. The van der Waals surface area contributed by atoms with E-state index in [1.165, 1.54) is 6.07 Å². The first-order valence-corrected chi connectivity index (χ1v) is 10.9. The zero-order valence-electron chi connectivity index (χ0n) is 19.1. The molecule has 1 heterocycles. The predicted octanol–water partition coefficient (Wildman–Crippen LogP) is 6.45. The van der Waals surface area contributed by atoms with E-state index in [9.17, 15) is 4.39 Å². The van der Waals surface area contributed by atoms with Gasteiger partial charge in [-0.25, -0.2) is 9.37 Å². The fourth-order valence-corrected chi connectivity index (χ4v) is 3.11. The molecule has 0 saturated carbocycles. The number of allylic oxidation sites excluding steroid dienone is 1. The molecule has 0 spiro atoms. The number of nitrogens with one attached hydrogen (secondary N) is 2. The number of aromatic nitrogens is 1. The Balaban J connectivity index is 0.00000122. The number of aliphatic hydroxyl groups excluding tert-OH is 1. The molecule has 0 aliphatic rings. The smallest absolute Gasteiger partial charge is 0.132 e. The number of rotatable bonds is 7. The Morgan fingerprint density at radius 2 is 1.88 bits per heavy atom. The Kier molecular flexibility index (Phi) is 10.1. The van der Waals surface area contributed by atoms with Crippen LogP contribution in [0.3, 0.4) is 0 Å². The van der Waals surface area contributed by atoms with Crippen molar-refractivity contribution in [3.8, 4) is 0 Å². The van der Waals surface area contributed by atoms with Crippen molar-refractivity contribution in [1.29, 1.82) is 0 Å². The first-order chi connectivity index (χ1) is 15.8. The van der Waals surface area contributed by atoms with Gasteiger partial charge in [-0.1, -0.05) is 48.5 Å². The van der Waals surface area contributed by atoms with Crippen molar-refractivity contribution < 1.29 is 9.50 Å². The van der Waals surface area contributed by atoms with Crippen LogP contribution in [0.2, 0.25) is 5.02 Å². The van der Waals surface area contributed by atoms with E-state index in [0.717, 1.165) is 16.8 Å². The summed E-state index contributed by atoms with van der Waals surface area (Å²) in [6.07, 6.45) is 3.39. The number of halogens is 2. The minimum atomic E-state index is -0.329. The Morgan fingerprint density at radius 3 is 2.45 bits per heavy atom. The number of pyridine rings is 1. The lowest BCUT2D eigenvalue weighted by molar-refractivity contribution is 0.318. The standard InChI is InChI=1S/C24H24ClFN4.C2H6O/c1-4-22(20-11-9-17(15(2)27)13-21(20)26)30-23-8-6-5-7-19(23)16(3)29-24-12-10-18(25)14-28-24;1-2-3/h4-15,30H,3,27H2,1-2H3,(H,28,29);3H,2H2,1H3/b22-4+;. The first kappa shape index (κ1) is 26.1. The summed E-state index contributed by atoms with van der Waals surface area (Å²) in [6.45, 7) is 9.74. The van der Waals surface area contributed by atoms with Crippen LogP contribution >= 0.6 is 11.6 Å². The summed E-state index contributed by atoms with van der Waals surface area (Å²) >= 11 is 5.90. The molecule has 0 saturated heterocycles. The van der Waals surface area contributed by atoms with Crippen molar-refractivity contribution >= 4 is 34.5 Å². The van der Waals surface area contributed by atoms with Crippen molar-refractivity contribution in [2.45, 2.75) is 26.8 Å². The summed E-state index contributed by atoms with van der Waals surface area (Å²) in [7, 11) is 0. The largest absolute Gasteiger partial charge is 0.397 e. The summed E-state index contributed by atoms with van der Waals surface area (Å²) < 4.78 is 14.7. The van der Waals surface area contributed by atoms with Gasteiger partial charge in [-0.3, -0.25) is 0 Å². The zero-order valence-corrected chi connectivity index (χ0v) is 19.8. The zero-order chi connectivity index (χ0) is 24.4. The summed E-state index contributed by atoms with van der Waals surface area (Å²) in [5.41, 5.74) is 10.00. The number of anilines is 2. The maximum atomic E-state index is 14.7.